The molecule has 1 atom stereocenters. The molecule has 2 aromatic rings. The molecule has 1 N–H and O–H groups in total. The number of carbonyl (C=O) groups excluding carboxylic acids is 1. The highest BCUT2D eigenvalue weighted by Gasteiger charge is 2.18. The van der Waals surface area contributed by atoms with Gasteiger partial charge in [0.2, 0.25) is 0 Å². The second kappa shape index (κ2) is 6.09. The number of esters is 1. The summed E-state index contributed by atoms with van der Waals surface area (Å²) in [5.74, 6) is 1.33. The molecule has 0 saturated carbocycles. The molecule has 0 fully saturated rings. The molecule has 0 bridgehead atoms. The molecular weight excluding hydrogens is 276 g/mol. The maximum absolute atomic E-state index is 11.7. The molecule has 20 heavy (non-hydrogen) atoms. The van der Waals surface area contributed by atoms with E-state index < -0.39 is 0 Å². The number of nitrogens with one attached hydrogen (secondary N) is 1. The number of hydrogen-bond donors (Lipinski definition) is 1. The molecule has 0 aliphatic rings. The number of hydrogen-bond acceptors (Lipinski definition) is 6. The van der Waals surface area contributed by atoms with Crippen molar-refractivity contribution in [2.45, 2.75) is 33.7 Å². The Balaban J connectivity index is 2.10. The van der Waals surface area contributed by atoms with Gasteiger partial charge < -0.3 is 14.5 Å². The lowest BCUT2D eigenvalue weighted by Gasteiger charge is -2.09. The summed E-state index contributed by atoms with van der Waals surface area (Å²) in [6.45, 7) is 7.87. The number of carbonyl (C=O) groups is 1. The van der Waals surface area contributed by atoms with Crippen molar-refractivity contribution in [2.75, 3.05) is 11.9 Å². The smallest absolute Gasteiger partial charge is 0.358 e. The Bertz CT molecular complexity index is 603. The molecule has 5 nitrogen and oxygen atoms in total. The van der Waals surface area contributed by atoms with Crippen LogP contribution in [0.5, 0.6) is 0 Å². The largest absolute Gasteiger partial charge is 0.464 e. The van der Waals surface area contributed by atoms with Crippen LogP contribution >= 0.6 is 11.3 Å². The van der Waals surface area contributed by atoms with Crippen LogP contribution in [-0.4, -0.2) is 17.6 Å². The number of nitrogens with zero attached hydrogens (tertiary/aromatic N) is 1. The molecule has 2 rings (SSSR count). The maximum Gasteiger partial charge on any atom is 0.358 e. The molecule has 0 aromatic carbocycles. The third kappa shape index (κ3) is 3.19. The zero-order valence-electron chi connectivity index (χ0n) is 12.0. The topological polar surface area (TPSA) is 64.4 Å². The third-order valence-electron chi connectivity index (χ3n) is 2.79. The van der Waals surface area contributed by atoms with E-state index in [0.29, 0.717) is 17.4 Å². The first kappa shape index (κ1) is 14.6. The first-order chi connectivity index (χ1) is 9.51. The SMILES string of the molecule is CCOC(=O)c1nc(NC(C)c2ccc(C)o2)sc1C. The van der Waals surface area contributed by atoms with E-state index in [4.69, 9.17) is 9.15 Å². The van der Waals surface area contributed by atoms with Crippen molar-refractivity contribution in [2.24, 2.45) is 0 Å². The summed E-state index contributed by atoms with van der Waals surface area (Å²) in [6, 6.07) is 3.84. The van der Waals surface area contributed by atoms with Crippen LogP contribution in [0, 0.1) is 13.8 Å². The second-order valence-corrected chi connectivity index (χ2v) is 5.66. The van der Waals surface area contributed by atoms with E-state index in [9.17, 15) is 4.79 Å². The minimum atomic E-state index is -0.379. The average molecular weight is 294 g/mol. The highest BCUT2D eigenvalue weighted by molar-refractivity contribution is 7.15. The van der Waals surface area contributed by atoms with Crippen LogP contribution in [0.1, 0.15) is 46.8 Å². The van der Waals surface area contributed by atoms with Crippen LogP contribution in [0.15, 0.2) is 16.5 Å². The van der Waals surface area contributed by atoms with Gasteiger partial charge in [-0.15, -0.1) is 11.3 Å². The van der Waals surface area contributed by atoms with Gasteiger partial charge in [-0.2, -0.15) is 0 Å². The van der Waals surface area contributed by atoms with Crippen LogP contribution in [0.4, 0.5) is 5.13 Å². The van der Waals surface area contributed by atoms with E-state index in [1.807, 2.05) is 32.9 Å². The quantitative estimate of drug-likeness (QED) is 0.852. The second-order valence-electron chi connectivity index (χ2n) is 4.46. The van der Waals surface area contributed by atoms with Crippen LogP contribution in [0.25, 0.3) is 0 Å². The normalized spacial score (nSPS) is 12.2. The summed E-state index contributed by atoms with van der Waals surface area (Å²) >= 11 is 1.43. The number of rotatable bonds is 5. The van der Waals surface area contributed by atoms with Gasteiger partial charge in [0.1, 0.15) is 11.5 Å². The van der Waals surface area contributed by atoms with Crippen molar-refractivity contribution in [3.8, 4) is 0 Å². The molecule has 0 amide bonds. The van der Waals surface area contributed by atoms with Crippen molar-refractivity contribution >= 4 is 22.4 Å². The Morgan fingerprint density at radius 2 is 2.25 bits per heavy atom. The monoisotopic (exact) mass is 294 g/mol. The lowest BCUT2D eigenvalue weighted by molar-refractivity contribution is 0.0519. The Labute approximate surface area is 122 Å². The predicted molar refractivity (Wildman–Crippen MR) is 78.3 cm³/mol. The summed E-state index contributed by atoms with van der Waals surface area (Å²) in [4.78, 5) is 16.8. The minimum absolute atomic E-state index is 0.00991. The molecule has 0 spiro atoms. The van der Waals surface area contributed by atoms with E-state index in [0.717, 1.165) is 16.4 Å². The number of anilines is 1. The maximum atomic E-state index is 11.7. The van der Waals surface area contributed by atoms with Crippen molar-refractivity contribution in [1.82, 2.24) is 4.98 Å². The predicted octanol–water partition coefficient (Wildman–Crippen LogP) is 3.70. The molecule has 0 aliphatic carbocycles. The number of thiazole rings is 1. The van der Waals surface area contributed by atoms with Gasteiger partial charge in [0.15, 0.2) is 10.8 Å². The van der Waals surface area contributed by atoms with Gasteiger partial charge in [-0.3, -0.25) is 0 Å². The first-order valence-electron chi connectivity index (χ1n) is 6.48. The highest BCUT2D eigenvalue weighted by atomic mass is 32.1. The molecule has 0 saturated heterocycles. The van der Waals surface area contributed by atoms with Gasteiger partial charge in [0.25, 0.3) is 0 Å². The van der Waals surface area contributed by atoms with Crippen LogP contribution in [-0.2, 0) is 4.74 Å². The zero-order chi connectivity index (χ0) is 14.7. The van der Waals surface area contributed by atoms with Crippen molar-refractivity contribution in [3.63, 3.8) is 0 Å². The fourth-order valence-electron chi connectivity index (χ4n) is 1.79. The number of furan rings is 1. The van der Waals surface area contributed by atoms with Crippen molar-refractivity contribution in [3.05, 3.63) is 34.2 Å². The van der Waals surface area contributed by atoms with Gasteiger partial charge in [-0.25, -0.2) is 9.78 Å². The Morgan fingerprint density at radius 1 is 1.50 bits per heavy atom. The molecule has 6 heteroatoms. The molecule has 1 unspecified atom stereocenters. The van der Waals surface area contributed by atoms with Crippen molar-refractivity contribution < 1.29 is 13.9 Å². The number of aromatic nitrogens is 1. The van der Waals surface area contributed by atoms with Gasteiger partial charge in [-0.05, 0) is 39.8 Å². The minimum Gasteiger partial charge on any atom is -0.464 e. The summed E-state index contributed by atoms with van der Waals surface area (Å²) in [7, 11) is 0. The van der Waals surface area contributed by atoms with Gasteiger partial charge >= 0.3 is 5.97 Å². The van der Waals surface area contributed by atoms with Crippen LogP contribution < -0.4 is 5.32 Å². The summed E-state index contributed by atoms with van der Waals surface area (Å²) in [5.41, 5.74) is 0.377. The van der Waals surface area contributed by atoms with Crippen LogP contribution in [0.3, 0.4) is 0 Å². The summed E-state index contributed by atoms with van der Waals surface area (Å²) in [5, 5.41) is 3.92. The Kier molecular flexibility index (Phi) is 4.44. The Morgan fingerprint density at radius 3 is 2.85 bits per heavy atom. The van der Waals surface area contributed by atoms with E-state index in [1.54, 1.807) is 6.92 Å². The van der Waals surface area contributed by atoms with E-state index in [2.05, 4.69) is 10.3 Å². The lowest BCUT2D eigenvalue weighted by atomic mass is 10.2. The van der Waals surface area contributed by atoms with E-state index in [1.165, 1.54) is 11.3 Å². The zero-order valence-corrected chi connectivity index (χ0v) is 12.8. The standard InChI is InChI=1S/C14H18N2O3S/c1-5-18-13(17)12-10(4)20-14(16-12)15-9(3)11-7-6-8(2)19-11/h6-7,9H,5H2,1-4H3,(H,15,16). The average Bonchev–Trinajstić information content (AvgIpc) is 2.96. The first-order valence-corrected chi connectivity index (χ1v) is 7.30. The fourth-order valence-corrected chi connectivity index (χ4v) is 2.68. The van der Waals surface area contributed by atoms with E-state index in [-0.39, 0.29) is 12.0 Å². The molecule has 2 aromatic heterocycles. The molecule has 0 aliphatic heterocycles. The van der Waals surface area contributed by atoms with E-state index >= 15 is 0 Å². The molecule has 2 heterocycles. The van der Waals surface area contributed by atoms with Gasteiger partial charge in [0, 0.05) is 4.88 Å². The summed E-state index contributed by atoms with van der Waals surface area (Å²) in [6.07, 6.45) is 0. The molecular formula is C14H18N2O3S. The summed E-state index contributed by atoms with van der Waals surface area (Å²) < 4.78 is 10.5. The number of ether oxygens (including phenoxy) is 1. The van der Waals surface area contributed by atoms with Gasteiger partial charge in [0.05, 0.1) is 12.6 Å². The highest BCUT2D eigenvalue weighted by Crippen LogP contribution is 2.27. The Hall–Kier alpha value is -1.82. The molecule has 108 valence electrons. The van der Waals surface area contributed by atoms with Gasteiger partial charge in [-0.1, -0.05) is 0 Å². The third-order valence-corrected chi connectivity index (χ3v) is 3.70. The van der Waals surface area contributed by atoms with Crippen LogP contribution in [0.2, 0.25) is 0 Å². The fraction of sp³-hybridized carbons (Fsp3) is 0.429. The molecule has 0 radical (unpaired) electrons. The van der Waals surface area contributed by atoms with Crippen molar-refractivity contribution in [1.29, 1.82) is 0 Å². The number of aryl methyl sites for hydroxylation is 2. The lowest BCUT2D eigenvalue weighted by Crippen LogP contribution is -2.08.